The van der Waals surface area contributed by atoms with Gasteiger partial charge in [0.05, 0.1) is 28.0 Å². The van der Waals surface area contributed by atoms with Crippen LogP contribution in [0.3, 0.4) is 0 Å². The molecule has 6 nitrogen and oxygen atoms in total. The smallest absolute Gasteiger partial charge is 0.324 e. The number of H-pyrrole nitrogens is 1. The minimum atomic E-state index is -4.56. The Bertz CT molecular complexity index is 1570. The summed E-state index contributed by atoms with van der Waals surface area (Å²) < 4.78 is 42.2. The lowest BCUT2D eigenvalue weighted by Crippen LogP contribution is -2.28. The number of aromatic nitrogens is 2. The zero-order valence-electron chi connectivity index (χ0n) is 18.3. The largest absolute Gasteiger partial charge is 0.416 e. The van der Waals surface area contributed by atoms with Crippen LogP contribution in [0.25, 0.3) is 11.0 Å². The Labute approximate surface area is 202 Å². The summed E-state index contributed by atoms with van der Waals surface area (Å²) >= 11 is 6.24. The molecule has 5 rings (SSSR count). The number of rotatable bonds is 3. The van der Waals surface area contributed by atoms with E-state index in [0.717, 1.165) is 6.07 Å². The third-order valence-corrected chi connectivity index (χ3v) is 6.23. The number of alkyl halides is 3. The first kappa shape index (κ1) is 22.9. The molecule has 1 atom stereocenters. The second-order valence-electron chi connectivity index (χ2n) is 8.25. The molecule has 0 bridgehead atoms. The van der Waals surface area contributed by atoms with Crippen LogP contribution in [-0.4, -0.2) is 27.2 Å². The van der Waals surface area contributed by atoms with Crippen LogP contribution >= 0.6 is 11.6 Å². The number of aliphatic imine (C=N–C) groups is 1. The van der Waals surface area contributed by atoms with Gasteiger partial charge in [0.15, 0.2) is 0 Å². The summed E-state index contributed by atoms with van der Waals surface area (Å²) in [5.74, 6) is -0.532. The predicted octanol–water partition coefficient (Wildman–Crippen LogP) is 4.94. The number of aromatic amines is 1. The third-order valence-electron chi connectivity index (χ3n) is 6.00. The monoisotopic (exact) mass is 498 g/mol. The first-order valence-electron chi connectivity index (χ1n) is 10.6. The summed E-state index contributed by atoms with van der Waals surface area (Å²) in [4.78, 5) is 32.5. The fourth-order valence-electron chi connectivity index (χ4n) is 4.24. The number of imidazole rings is 1. The van der Waals surface area contributed by atoms with Gasteiger partial charge in [0.1, 0.15) is 6.04 Å². The molecule has 0 aliphatic carbocycles. The lowest BCUT2D eigenvalue weighted by atomic mass is 9.98. The van der Waals surface area contributed by atoms with Crippen molar-refractivity contribution in [1.82, 2.24) is 9.55 Å². The Morgan fingerprint density at radius 3 is 2.60 bits per heavy atom. The van der Waals surface area contributed by atoms with Gasteiger partial charge in [-0.3, -0.25) is 14.4 Å². The van der Waals surface area contributed by atoms with Gasteiger partial charge in [-0.05, 0) is 42.0 Å². The molecule has 3 aromatic carbocycles. The lowest BCUT2D eigenvalue weighted by Gasteiger charge is -2.16. The van der Waals surface area contributed by atoms with E-state index in [1.165, 1.54) is 22.8 Å². The van der Waals surface area contributed by atoms with Crippen molar-refractivity contribution in [2.24, 2.45) is 12.0 Å². The average Bonchev–Trinajstić information content (AvgIpc) is 3.02. The second kappa shape index (κ2) is 8.42. The molecule has 1 amide bonds. The molecule has 0 saturated heterocycles. The van der Waals surface area contributed by atoms with Crippen molar-refractivity contribution in [3.8, 4) is 0 Å². The van der Waals surface area contributed by atoms with E-state index >= 15 is 0 Å². The first-order valence-corrected chi connectivity index (χ1v) is 11.0. The maximum Gasteiger partial charge on any atom is 0.416 e. The van der Waals surface area contributed by atoms with Crippen molar-refractivity contribution in [1.29, 1.82) is 0 Å². The zero-order valence-corrected chi connectivity index (χ0v) is 19.0. The molecule has 1 aliphatic rings. The Kier molecular flexibility index (Phi) is 5.52. The molecule has 0 spiro atoms. The maximum absolute atomic E-state index is 13.6. The molecule has 35 heavy (non-hydrogen) atoms. The van der Waals surface area contributed by atoms with Gasteiger partial charge >= 0.3 is 11.9 Å². The van der Waals surface area contributed by atoms with Gasteiger partial charge in [-0.25, -0.2) is 4.79 Å². The molecule has 2 heterocycles. The molecule has 1 aromatic heterocycles. The molecule has 0 radical (unpaired) electrons. The number of hydrogen-bond acceptors (Lipinski definition) is 3. The number of benzodiazepines with no additional fused rings is 1. The fourth-order valence-corrected chi connectivity index (χ4v) is 4.42. The number of carbonyl (C=O) groups excluding carboxylic acids is 1. The molecule has 0 fully saturated rings. The second-order valence-corrected chi connectivity index (χ2v) is 8.69. The van der Waals surface area contributed by atoms with Crippen LogP contribution in [0.5, 0.6) is 0 Å². The fraction of sp³-hybridized carbons (Fsp3) is 0.160. The van der Waals surface area contributed by atoms with Gasteiger partial charge in [-0.15, -0.1) is 0 Å². The highest BCUT2D eigenvalue weighted by Gasteiger charge is 2.35. The predicted molar refractivity (Wildman–Crippen MR) is 128 cm³/mol. The van der Waals surface area contributed by atoms with Crippen molar-refractivity contribution < 1.29 is 18.0 Å². The number of carbonyl (C=O) groups is 1. The average molecular weight is 499 g/mol. The number of halogens is 4. The van der Waals surface area contributed by atoms with E-state index in [1.54, 1.807) is 43.4 Å². The number of hydrogen-bond donors (Lipinski definition) is 2. The number of amides is 1. The molecule has 178 valence electrons. The van der Waals surface area contributed by atoms with Gasteiger partial charge in [0.25, 0.3) is 0 Å². The number of nitrogens with one attached hydrogen (secondary N) is 2. The molecule has 10 heteroatoms. The number of anilines is 1. The number of aryl methyl sites for hydroxylation is 1. The highest BCUT2D eigenvalue weighted by Crippen LogP contribution is 2.34. The van der Waals surface area contributed by atoms with E-state index in [4.69, 9.17) is 11.6 Å². The van der Waals surface area contributed by atoms with Gasteiger partial charge in [0, 0.05) is 29.6 Å². The van der Waals surface area contributed by atoms with Crippen molar-refractivity contribution in [2.45, 2.75) is 18.6 Å². The Balaban J connectivity index is 1.68. The quantitative estimate of drug-likeness (QED) is 0.419. The standard InChI is InChI=1S/C25H18ClF3N4O2/c1-33-21-11-14(6-8-19(21)32-24(33)35)22-16-12-15(26)7-9-18(16)31-23(34)20(30-22)10-13-4-2-3-5-17(13)25(27,28)29/h2-9,11-12,20H,10H2,1H3,(H,31,34)(H,32,35). The van der Waals surface area contributed by atoms with Crippen LogP contribution in [0, 0.1) is 0 Å². The Hall–Kier alpha value is -3.85. The highest BCUT2D eigenvalue weighted by molar-refractivity contribution is 6.32. The van der Waals surface area contributed by atoms with E-state index in [2.05, 4.69) is 15.3 Å². The Morgan fingerprint density at radius 2 is 1.83 bits per heavy atom. The molecule has 2 N–H and O–H groups in total. The summed E-state index contributed by atoms with van der Waals surface area (Å²) in [6.07, 6.45) is -4.82. The molecule has 4 aromatic rings. The Morgan fingerprint density at radius 1 is 1.06 bits per heavy atom. The topological polar surface area (TPSA) is 79.2 Å². The molecule has 1 unspecified atom stereocenters. The zero-order chi connectivity index (χ0) is 24.9. The summed E-state index contributed by atoms with van der Waals surface area (Å²) in [7, 11) is 1.62. The van der Waals surface area contributed by atoms with Crippen LogP contribution in [0.4, 0.5) is 18.9 Å². The number of benzene rings is 3. The van der Waals surface area contributed by atoms with E-state index in [9.17, 15) is 22.8 Å². The molecular weight excluding hydrogens is 481 g/mol. The van der Waals surface area contributed by atoms with Crippen LogP contribution in [0.2, 0.25) is 5.02 Å². The normalized spacial score (nSPS) is 16.0. The molecule has 0 saturated carbocycles. The molecule has 1 aliphatic heterocycles. The summed E-state index contributed by atoms with van der Waals surface area (Å²) in [5.41, 5.74) is 2.03. The van der Waals surface area contributed by atoms with E-state index in [-0.39, 0.29) is 17.7 Å². The van der Waals surface area contributed by atoms with Gasteiger partial charge in [-0.1, -0.05) is 35.9 Å². The van der Waals surface area contributed by atoms with Crippen molar-refractivity contribution in [3.63, 3.8) is 0 Å². The van der Waals surface area contributed by atoms with E-state index in [1.807, 2.05) is 0 Å². The summed E-state index contributed by atoms with van der Waals surface area (Å²) in [6.45, 7) is 0. The minimum absolute atomic E-state index is 0.0317. The van der Waals surface area contributed by atoms with Crippen molar-refractivity contribution in [3.05, 3.63) is 98.4 Å². The maximum atomic E-state index is 13.6. The first-order chi connectivity index (χ1) is 16.6. The van der Waals surface area contributed by atoms with Gasteiger partial charge in [0.2, 0.25) is 5.91 Å². The number of fused-ring (bicyclic) bond motifs is 2. The van der Waals surface area contributed by atoms with E-state index < -0.39 is 23.7 Å². The lowest BCUT2D eigenvalue weighted by molar-refractivity contribution is -0.138. The number of nitrogens with zero attached hydrogens (tertiary/aromatic N) is 2. The van der Waals surface area contributed by atoms with E-state index in [0.29, 0.717) is 38.6 Å². The van der Waals surface area contributed by atoms with Crippen molar-refractivity contribution in [2.75, 3.05) is 5.32 Å². The van der Waals surface area contributed by atoms with Crippen LogP contribution in [0.15, 0.2) is 70.5 Å². The SMILES string of the molecule is Cn1c(=O)[nH]c2ccc(C3=NC(Cc4ccccc4C(F)(F)F)C(=O)Nc4ccc(Cl)cc43)cc21. The third kappa shape index (κ3) is 4.23. The van der Waals surface area contributed by atoms with Crippen LogP contribution < -0.4 is 11.0 Å². The minimum Gasteiger partial charge on any atom is -0.324 e. The van der Waals surface area contributed by atoms with Gasteiger partial charge in [-0.2, -0.15) is 13.2 Å². The summed E-state index contributed by atoms with van der Waals surface area (Å²) in [5, 5.41) is 3.18. The van der Waals surface area contributed by atoms with Gasteiger partial charge < -0.3 is 10.3 Å². The van der Waals surface area contributed by atoms with Crippen molar-refractivity contribution >= 4 is 39.9 Å². The summed E-state index contributed by atoms with van der Waals surface area (Å²) in [6, 6.07) is 14.1. The highest BCUT2D eigenvalue weighted by atomic mass is 35.5. The van der Waals surface area contributed by atoms with Crippen LogP contribution in [0.1, 0.15) is 22.3 Å². The van der Waals surface area contributed by atoms with Crippen LogP contribution in [-0.2, 0) is 24.4 Å². The molecular formula is C25H18ClF3N4O2.